The minimum absolute atomic E-state index is 0.117. The van der Waals surface area contributed by atoms with E-state index in [1.165, 1.54) is 5.54 Å². The summed E-state index contributed by atoms with van der Waals surface area (Å²) in [6.45, 7) is 3.75. The van der Waals surface area contributed by atoms with Crippen LogP contribution >= 0.6 is 23.2 Å². The number of hydrogen-bond donors (Lipinski definition) is 1. The van der Waals surface area contributed by atoms with Crippen molar-refractivity contribution >= 4 is 29.2 Å². The maximum absolute atomic E-state index is 10.7. The van der Waals surface area contributed by atoms with E-state index in [9.17, 15) is 4.79 Å². The molecule has 0 bridgehead atoms. The van der Waals surface area contributed by atoms with Crippen molar-refractivity contribution in [3.8, 4) is 0 Å². The molecular weight excluding hydrogens is 199 g/mol. The van der Waals surface area contributed by atoms with Crippen LogP contribution in [0.15, 0.2) is 10.6 Å². The van der Waals surface area contributed by atoms with Crippen LogP contribution in [0.4, 0.5) is 0 Å². The molecule has 0 heterocycles. The second kappa shape index (κ2) is 2.93. The molecule has 0 aliphatic heterocycles. The van der Waals surface area contributed by atoms with Gasteiger partial charge in [-0.25, -0.2) is 0 Å². The highest BCUT2D eigenvalue weighted by Gasteiger charge is 2.63. The summed E-state index contributed by atoms with van der Waals surface area (Å²) in [5.41, 5.74) is 0.991. The highest BCUT2D eigenvalue weighted by molar-refractivity contribution is 6.37. The standard InChI is InChI=1S/C8H10Cl2O2/c1-8(2)5(4(10)3-9)6(8)7(11)12/h3,5-6H,1-2H3,(H,11,12)/b4-3-. The van der Waals surface area contributed by atoms with Gasteiger partial charge in [-0.3, -0.25) is 4.79 Å². The molecule has 1 aliphatic rings. The Morgan fingerprint density at radius 3 is 2.25 bits per heavy atom. The molecule has 1 rings (SSSR count). The molecule has 2 unspecified atom stereocenters. The maximum atomic E-state index is 10.7. The molecule has 2 nitrogen and oxygen atoms in total. The van der Waals surface area contributed by atoms with Gasteiger partial charge in [-0.1, -0.05) is 37.0 Å². The van der Waals surface area contributed by atoms with Gasteiger partial charge in [0.15, 0.2) is 0 Å². The SMILES string of the molecule is CC1(C)C(C(=O)O)C1/C(Cl)=C/Cl. The minimum Gasteiger partial charge on any atom is -0.481 e. The molecule has 1 fully saturated rings. The summed E-state index contributed by atoms with van der Waals surface area (Å²) in [6.07, 6.45) is 0. The number of rotatable bonds is 2. The van der Waals surface area contributed by atoms with Crippen LogP contribution in [0.5, 0.6) is 0 Å². The summed E-state index contributed by atoms with van der Waals surface area (Å²) in [7, 11) is 0. The van der Waals surface area contributed by atoms with Gasteiger partial charge in [0.1, 0.15) is 0 Å². The Bertz CT molecular complexity index is 245. The number of carboxylic acid groups (broad SMARTS) is 1. The van der Waals surface area contributed by atoms with Gasteiger partial charge >= 0.3 is 5.97 Å². The molecule has 12 heavy (non-hydrogen) atoms. The zero-order chi connectivity index (χ0) is 9.52. The van der Waals surface area contributed by atoms with E-state index in [1.807, 2.05) is 13.8 Å². The van der Waals surface area contributed by atoms with E-state index in [4.69, 9.17) is 28.3 Å². The van der Waals surface area contributed by atoms with Crippen LogP contribution in [0.2, 0.25) is 0 Å². The molecule has 1 N–H and O–H groups in total. The fourth-order valence-corrected chi connectivity index (χ4v) is 2.22. The number of halogens is 2. The summed E-state index contributed by atoms with van der Waals surface area (Å²) in [4.78, 5) is 10.7. The van der Waals surface area contributed by atoms with E-state index < -0.39 is 5.97 Å². The van der Waals surface area contributed by atoms with Crippen LogP contribution < -0.4 is 0 Å². The normalized spacial score (nSPS) is 33.2. The summed E-state index contributed by atoms with van der Waals surface area (Å²) < 4.78 is 0. The second-order valence-electron chi connectivity index (χ2n) is 3.61. The van der Waals surface area contributed by atoms with Crippen molar-refractivity contribution in [2.45, 2.75) is 13.8 Å². The van der Waals surface area contributed by atoms with E-state index in [0.29, 0.717) is 5.03 Å². The Morgan fingerprint density at radius 1 is 1.50 bits per heavy atom. The number of allylic oxidation sites excluding steroid dienone is 1. The first-order valence-electron chi connectivity index (χ1n) is 3.61. The van der Waals surface area contributed by atoms with Crippen LogP contribution in [0.3, 0.4) is 0 Å². The molecule has 0 aromatic rings. The third-order valence-electron chi connectivity index (χ3n) is 2.49. The molecule has 1 aliphatic carbocycles. The molecule has 1 saturated carbocycles. The Kier molecular flexibility index (Phi) is 2.41. The molecule has 0 aromatic heterocycles. The lowest BCUT2D eigenvalue weighted by atomic mass is 10.1. The van der Waals surface area contributed by atoms with Gasteiger partial charge in [-0.2, -0.15) is 0 Å². The Morgan fingerprint density at radius 2 is 2.00 bits per heavy atom. The number of carboxylic acids is 1. The average molecular weight is 209 g/mol. The first-order valence-corrected chi connectivity index (χ1v) is 4.43. The third kappa shape index (κ3) is 1.34. The molecule has 2 atom stereocenters. The quantitative estimate of drug-likeness (QED) is 0.758. The Labute approximate surface area is 81.2 Å². The zero-order valence-corrected chi connectivity index (χ0v) is 8.36. The van der Waals surface area contributed by atoms with Crippen LogP contribution in [-0.2, 0) is 4.79 Å². The number of aliphatic carboxylic acids is 1. The van der Waals surface area contributed by atoms with Crippen LogP contribution in [0.1, 0.15) is 13.8 Å². The maximum Gasteiger partial charge on any atom is 0.307 e. The Balaban J connectivity index is 2.80. The largest absolute Gasteiger partial charge is 0.481 e. The van der Waals surface area contributed by atoms with E-state index >= 15 is 0 Å². The second-order valence-corrected chi connectivity index (χ2v) is 4.26. The van der Waals surface area contributed by atoms with Gasteiger partial charge in [0.05, 0.1) is 5.92 Å². The molecule has 0 spiro atoms. The number of carbonyl (C=O) groups is 1. The zero-order valence-electron chi connectivity index (χ0n) is 6.84. The van der Waals surface area contributed by atoms with Crippen LogP contribution in [0.25, 0.3) is 0 Å². The lowest BCUT2D eigenvalue weighted by Crippen LogP contribution is -2.03. The first kappa shape index (κ1) is 9.87. The molecule has 4 heteroatoms. The smallest absolute Gasteiger partial charge is 0.307 e. The molecule has 0 saturated heterocycles. The van der Waals surface area contributed by atoms with Crippen molar-refractivity contribution in [2.75, 3.05) is 0 Å². The van der Waals surface area contributed by atoms with E-state index in [2.05, 4.69) is 0 Å². The monoisotopic (exact) mass is 208 g/mol. The van der Waals surface area contributed by atoms with Gasteiger partial charge < -0.3 is 5.11 Å². The lowest BCUT2D eigenvalue weighted by molar-refractivity contribution is -0.139. The van der Waals surface area contributed by atoms with Gasteiger partial charge in [-0.05, 0) is 5.41 Å². The molecule has 0 amide bonds. The van der Waals surface area contributed by atoms with E-state index in [-0.39, 0.29) is 17.3 Å². The van der Waals surface area contributed by atoms with Crippen molar-refractivity contribution in [2.24, 2.45) is 17.3 Å². The van der Waals surface area contributed by atoms with Crippen molar-refractivity contribution in [3.05, 3.63) is 10.6 Å². The third-order valence-corrected chi connectivity index (χ3v) is 3.19. The highest BCUT2D eigenvalue weighted by Crippen LogP contribution is 2.62. The van der Waals surface area contributed by atoms with Crippen molar-refractivity contribution in [1.29, 1.82) is 0 Å². The molecule has 0 radical (unpaired) electrons. The van der Waals surface area contributed by atoms with E-state index in [1.54, 1.807) is 0 Å². The molecule has 0 aromatic carbocycles. The predicted molar refractivity (Wildman–Crippen MR) is 48.2 cm³/mol. The topological polar surface area (TPSA) is 37.3 Å². The number of hydrogen-bond acceptors (Lipinski definition) is 1. The predicted octanol–water partition coefficient (Wildman–Crippen LogP) is 2.66. The molecule has 68 valence electrons. The van der Waals surface area contributed by atoms with Crippen LogP contribution in [-0.4, -0.2) is 11.1 Å². The van der Waals surface area contributed by atoms with Crippen molar-refractivity contribution in [3.63, 3.8) is 0 Å². The first-order chi connectivity index (χ1) is 5.42. The van der Waals surface area contributed by atoms with Gasteiger partial charge in [0.2, 0.25) is 0 Å². The van der Waals surface area contributed by atoms with Crippen molar-refractivity contribution < 1.29 is 9.90 Å². The summed E-state index contributed by atoms with van der Waals surface area (Å²) in [5.74, 6) is -1.31. The fraction of sp³-hybridized carbons (Fsp3) is 0.625. The average Bonchev–Trinajstić information content (AvgIpc) is 2.52. The van der Waals surface area contributed by atoms with Gasteiger partial charge in [0.25, 0.3) is 0 Å². The minimum atomic E-state index is -0.804. The summed E-state index contributed by atoms with van der Waals surface area (Å²) in [5, 5.41) is 9.21. The van der Waals surface area contributed by atoms with Gasteiger partial charge in [0, 0.05) is 16.5 Å². The highest BCUT2D eigenvalue weighted by atomic mass is 35.5. The molecular formula is C8H10Cl2O2. The summed E-state index contributed by atoms with van der Waals surface area (Å²) in [6, 6.07) is 0. The van der Waals surface area contributed by atoms with Gasteiger partial charge in [-0.15, -0.1) is 0 Å². The Hall–Kier alpha value is -0.210. The van der Waals surface area contributed by atoms with Crippen LogP contribution in [0, 0.1) is 17.3 Å². The fourth-order valence-electron chi connectivity index (χ4n) is 1.68. The lowest BCUT2D eigenvalue weighted by Gasteiger charge is -1.98. The van der Waals surface area contributed by atoms with Crippen molar-refractivity contribution in [1.82, 2.24) is 0 Å². The summed E-state index contributed by atoms with van der Waals surface area (Å²) >= 11 is 11.1. The van der Waals surface area contributed by atoms with E-state index in [0.717, 1.165) is 0 Å².